The summed E-state index contributed by atoms with van der Waals surface area (Å²) in [6.45, 7) is 7.76. The molecule has 0 radical (unpaired) electrons. The van der Waals surface area contributed by atoms with Crippen LogP contribution in [0.2, 0.25) is 0 Å². The number of rotatable bonds is 7. The normalized spacial score (nSPS) is 17.2. The number of aliphatic hydroxyl groups is 1. The Labute approximate surface area is 139 Å². The van der Waals surface area contributed by atoms with Crippen LogP contribution in [-0.4, -0.2) is 46.2 Å². The quantitative estimate of drug-likeness (QED) is 0.836. The average molecular weight is 322 g/mol. The SMILES string of the molecule is CN(C1CCCC1)C(C)(C)C(=O)Cc1cc(C(C)(C)CO)no1. The molecule has 1 heterocycles. The zero-order valence-corrected chi connectivity index (χ0v) is 15.1. The van der Waals surface area contributed by atoms with E-state index in [0.717, 1.165) is 0 Å². The molecule has 23 heavy (non-hydrogen) atoms. The van der Waals surface area contributed by atoms with Crippen LogP contribution in [0, 0.1) is 0 Å². The fraction of sp³-hybridized carbons (Fsp3) is 0.778. The summed E-state index contributed by atoms with van der Waals surface area (Å²) in [6.07, 6.45) is 5.08. The topological polar surface area (TPSA) is 66.6 Å². The Hall–Kier alpha value is -1.20. The van der Waals surface area contributed by atoms with Gasteiger partial charge in [-0.05, 0) is 33.7 Å². The molecule has 0 atom stereocenters. The molecule has 130 valence electrons. The monoisotopic (exact) mass is 322 g/mol. The lowest BCUT2D eigenvalue weighted by Crippen LogP contribution is -2.52. The van der Waals surface area contributed by atoms with E-state index < -0.39 is 11.0 Å². The molecule has 1 N–H and O–H groups in total. The highest BCUT2D eigenvalue weighted by molar-refractivity contribution is 5.89. The number of carbonyl (C=O) groups excluding carboxylic acids is 1. The molecule has 0 amide bonds. The van der Waals surface area contributed by atoms with E-state index in [-0.39, 0.29) is 18.8 Å². The van der Waals surface area contributed by atoms with Crippen molar-refractivity contribution in [2.75, 3.05) is 13.7 Å². The van der Waals surface area contributed by atoms with Gasteiger partial charge in [-0.15, -0.1) is 0 Å². The number of aliphatic hydroxyl groups excluding tert-OH is 1. The fourth-order valence-electron chi connectivity index (χ4n) is 3.12. The number of hydrogen-bond acceptors (Lipinski definition) is 5. The maximum Gasteiger partial charge on any atom is 0.160 e. The van der Waals surface area contributed by atoms with Crippen molar-refractivity contribution in [2.45, 2.75) is 76.8 Å². The second kappa shape index (κ2) is 6.73. The van der Waals surface area contributed by atoms with E-state index in [9.17, 15) is 9.90 Å². The van der Waals surface area contributed by atoms with E-state index in [4.69, 9.17) is 4.52 Å². The number of likely N-dealkylation sites (N-methyl/N-ethyl adjacent to an activating group) is 1. The summed E-state index contributed by atoms with van der Waals surface area (Å²) >= 11 is 0. The van der Waals surface area contributed by atoms with Gasteiger partial charge in [-0.2, -0.15) is 0 Å². The fourth-order valence-corrected chi connectivity index (χ4v) is 3.12. The first-order chi connectivity index (χ1) is 10.7. The molecule has 2 rings (SSSR count). The Morgan fingerprint density at radius 1 is 1.35 bits per heavy atom. The summed E-state index contributed by atoms with van der Waals surface area (Å²) in [5.41, 5.74) is -0.292. The molecular weight excluding hydrogens is 292 g/mol. The maximum atomic E-state index is 12.8. The lowest BCUT2D eigenvalue weighted by atomic mass is 9.89. The van der Waals surface area contributed by atoms with Gasteiger partial charge in [0.1, 0.15) is 5.76 Å². The highest BCUT2D eigenvalue weighted by Crippen LogP contribution is 2.29. The molecule has 5 nitrogen and oxygen atoms in total. The maximum absolute atomic E-state index is 12.8. The van der Waals surface area contributed by atoms with Crippen LogP contribution in [-0.2, 0) is 16.6 Å². The lowest BCUT2D eigenvalue weighted by Gasteiger charge is -2.38. The molecule has 1 saturated carbocycles. The highest BCUT2D eigenvalue weighted by Gasteiger charge is 2.37. The zero-order chi connectivity index (χ0) is 17.3. The second-order valence-corrected chi connectivity index (χ2v) is 7.93. The van der Waals surface area contributed by atoms with Gasteiger partial charge in [0.25, 0.3) is 0 Å². The zero-order valence-electron chi connectivity index (χ0n) is 15.1. The van der Waals surface area contributed by atoms with Crippen LogP contribution < -0.4 is 0 Å². The summed E-state index contributed by atoms with van der Waals surface area (Å²) in [7, 11) is 2.05. The highest BCUT2D eigenvalue weighted by atomic mass is 16.5. The smallest absolute Gasteiger partial charge is 0.160 e. The number of aromatic nitrogens is 1. The van der Waals surface area contributed by atoms with Crippen molar-refractivity contribution in [3.8, 4) is 0 Å². The largest absolute Gasteiger partial charge is 0.395 e. The molecule has 5 heteroatoms. The third-order valence-corrected chi connectivity index (χ3v) is 5.42. The van der Waals surface area contributed by atoms with Crippen molar-refractivity contribution >= 4 is 5.78 Å². The number of ketones is 1. The summed E-state index contributed by atoms with van der Waals surface area (Å²) in [5.74, 6) is 0.704. The Bertz CT molecular complexity index is 542. The van der Waals surface area contributed by atoms with Crippen LogP contribution in [0.25, 0.3) is 0 Å². The number of hydrogen-bond donors (Lipinski definition) is 1. The molecule has 0 aromatic carbocycles. The van der Waals surface area contributed by atoms with E-state index in [2.05, 4.69) is 17.1 Å². The van der Waals surface area contributed by atoms with Crippen molar-refractivity contribution < 1.29 is 14.4 Å². The predicted octanol–water partition coefficient (Wildman–Crippen LogP) is 2.71. The summed E-state index contributed by atoms with van der Waals surface area (Å²) in [6, 6.07) is 2.28. The molecule has 0 saturated heterocycles. The minimum absolute atomic E-state index is 0.0111. The second-order valence-electron chi connectivity index (χ2n) is 7.93. The molecule has 0 unspecified atom stereocenters. The van der Waals surface area contributed by atoms with Crippen molar-refractivity contribution in [1.82, 2.24) is 10.1 Å². The van der Waals surface area contributed by atoms with Gasteiger partial charge in [0.15, 0.2) is 5.78 Å². The summed E-state index contributed by atoms with van der Waals surface area (Å²) in [4.78, 5) is 15.0. The molecule has 0 bridgehead atoms. The van der Waals surface area contributed by atoms with Crippen molar-refractivity contribution in [1.29, 1.82) is 0 Å². The first-order valence-electron chi connectivity index (χ1n) is 8.51. The van der Waals surface area contributed by atoms with Gasteiger partial charge in [-0.25, -0.2) is 0 Å². The van der Waals surface area contributed by atoms with Gasteiger partial charge in [-0.3, -0.25) is 9.69 Å². The van der Waals surface area contributed by atoms with Gasteiger partial charge in [0.2, 0.25) is 0 Å². The van der Waals surface area contributed by atoms with Gasteiger partial charge < -0.3 is 9.63 Å². The minimum atomic E-state index is -0.519. The molecule has 1 aromatic rings. The average Bonchev–Trinajstić information content (AvgIpc) is 3.17. The predicted molar refractivity (Wildman–Crippen MR) is 89.4 cm³/mol. The molecule has 1 aliphatic rings. The summed E-state index contributed by atoms with van der Waals surface area (Å²) in [5, 5.41) is 13.4. The van der Waals surface area contributed by atoms with Crippen LogP contribution in [0.1, 0.15) is 64.8 Å². The van der Waals surface area contributed by atoms with Crippen LogP contribution in [0.3, 0.4) is 0 Å². The number of carbonyl (C=O) groups is 1. The van der Waals surface area contributed by atoms with E-state index in [1.807, 2.05) is 27.7 Å². The van der Waals surface area contributed by atoms with Crippen molar-refractivity contribution in [2.24, 2.45) is 0 Å². The van der Waals surface area contributed by atoms with E-state index in [0.29, 0.717) is 17.5 Å². The first kappa shape index (κ1) is 18.1. The molecule has 1 aliphatic carbocycles. The Morgan fingerprint density at radius 3 is 2.52 bits per heavy atom. The molecule has 0 spiro atoms. The summed E-state index contributed by atoms with van der Waals surface area (Å²) < 4.78 is 5.32. The van der Waals surface area contributed by atoms with Gasteiger partial charge in [0.05, 0.1) is 24.3 Å². The Morgan fingerprint density at radius 2 is 1.96 bits per heavy atom. The van der Waals surface area contributed by atoms with Crippen molar-refractivity contribution in [3.63, 3.8) is 0 Å². The van der Waals surface area contributed by atoms with Gasteiger partial charge >= 0.3 is 0 Å². The van der Waals surface area contributed by atoms with E-state index in [1.54, 1.807) is 6.07 Å². The minimum Gasteiger partial charge on any atom is -0.395 e. The third kappa shape index (κ3) is 3.83. The molecular formula is C18H30N2O3. The first-order valence-corrected chi connectivity index (χ1v) is 8.51. The number of Topliss-reactive ketones (excluding diaryl/α,β-unsaturated/α-hetero) is 1. The van der Waals surface area contributed by atoms with Crippen LogP contribution in [0.5, 0.6) is 0 Å². The van der Waals surface area contributed by atoms with Gasteiger partial charge in [-0.1, -0.05) is 31.8 Å². The molecule has 1 fully saturated rings. The van der Waals surface area contributed by atoms with Crippen LogP contribution in [0.4, 0.5) is 0 Å². The lowest BCUT2D eigenvalue weighted by molar-refractivity contribution is -0.129. The molecule has 1 aromatic heterocycles. The van der Waals surface area contributed by atoms with Crippen LogP contribution in [0.15, 0.2) is 10.6 Å². The van der Waals surface area contributed by atoms with Crippen LogP contribution >= 0.6 is 0 Å². The molecule has 0 aliphatic heterocycles. The Kier molecular flexibility index (Phi) is 5.31. The Balaban J connectivity index is 2.05. The van der Waals surface area contributed by atoms with E-state index in [1.165, 1.54) is 25.7 Å². The standard InChI is InChI=1S/C18H30N2O3/c1-17(2,12-21)15-10-14(23-19-15)11-16(22)18(3,4)20(5)13-8-6-7-9-13/h10,13,21H,6-9,11-12H2,1-5H3. The third-order valence-electron chi connectivity index (χ3n) is 5.42. The van der Waals surface area contributed by atoms with Gasteiger partial charge in [0, 0.05) is 17.5 Å². The number of nitrogens with zero attached hydrogens (tertiary/aromatic N) is 2. The van der Waals surface area contributed by atoms with Crippen molar-refractivity contribution in [3.05, 3.63) is 17.5 Å². The van der Waals surface area contributed by atoms with E-state index >= 15 is 0 Å².